The topological polar surface area (TPSA) is 107 Å². The molecule has 0 spiro atoms. The van der Waals surface area contributed by atoms with Gasteiger partial charge in [0, 0.05) is 34.5 Å². The molecule has 0 aliphatic rings. The number of carbonyl (C=O) groups is 1. The van der Waals surface area contributed by atoms with Gasteiger partial charge in [-0.25, -0.2) is 9.59 Å². The predicted molar refractivity (Wildman–Crippen MR) is 117 cm³/mol. The number of fused-ring (bicyclic) bond motifs is 1. The van der Waals surface area contributed by atoms with E-state index in [0.717, 1.165) is 22.1 Å². The zero-order valence-corrected chi connectivity index (χ0v) is 17.7. The minimum atomic E-state index is -0.572. The summed E-state index contributed by atoms with van der Waals surface area (Å²) in [5, 5.41) is 12.0. The highest BCUT2D eigenvalue weighted by atomic mass is 32.2. The number of hydrogen-bond acceptors (Lipinski definition) is 8. The van der Waals surface area contributed by atoms with Crippen molar-refractivity contribution in [2.75, 3.05) is 11.9 Å². The van der Waals surface area contributed by atoms with Gasteiger partial charge in [0.05, 0.1) is 6.61 Å². The summed E-state index contributed by atoms with van der Waals surface area (Å²) in [5.41, 5.74) is 3.04. The molecule has 0 radical (unpaired) electrons. The third-order valence-corrected chi connectivity index (χ3v) is 5.35. The number of rotatable bonds is 6. The van der Waals surface area contributed by atoms with E-state index in [4.69, 9.17) is 13.6 Å². The third-order valence-electron chi connectivity index (χ3n) is 4.49. The Morgan fingerprint density at radius 2 is 1.97 bits per heavy atom. The number of hydrogen-bond donors (Lipinski definition) is 1. The first-order valence-corrected chi connectivity index (χ1v) is 10.5. The fourth-order valence-electron chi connectivity index (χ4n) is 3.04. The first kappa shape index (κ1) is 20.7. The van der Waals surface area contributed by atoms with Crippen molar-refractivity contribution >= 4 is 34.5 Å². The van der Waals surface area contributed by atoms with Crippen LogP contribution < -0.4 is 10.9 Å². The van der Waals surface area contributed by atoms with Gasteiger partial charge in [0.15, 0.2) is 0 Å². The molecule has 8 nitrogen and oxygen atoms in total. The van der Waals surface area contributed by atoms with Crippen LogP contribution in [0, 0.1) is 6.92 Å². The molecule has 0 bridgehead atoms. The van der Waals surface area contributed by atoms with Crippen molar-refractivity contribution in [1.29, 1.82) is 0 Å². The van der Waals surface area contributed by atoms with Crippen molar-refractivity contribution in [1.82, 2.24) is 10.2 Å². The van der Waals surface area contributed by atoms with Gasteiger partial charge >= 0.3 is 11.7 Å². The lowest BCUT2D eigenvalue weighted by atomic mass is 10.1. The first-order chi connectivity index (χ1) is 15.0. The summed E-state index contributed by atoms with van der Waals surface area (Å²) in [5.74, 6) is 0.884. The van der Waals surface area contributed by atoms with Crippen molar-refractivity contribution in [3.05, 3.63) is 70.1 Å². The summed E-state index contributed by atoms with van der Waals surface area (Å²) in [7, 11) is 0. The van der Waals surface area contributed by atoms with Crippen LogP contribution in [-0.2, 0) is 10.5 Å². The molecule has 0 atom stereocenters. The summed E-state index contributed by atoms with van der Waals surface area (Å²) < 4.78 is 15.9. The quantitative estimate of drug-likeness (QED) is 0.331. The van der Waals surface area contributed by atoms with Crippen LogP contribution in [0.4, 0.5) is 10.5 Å². The van der Waals surface area contributed by atoms with Crippen LogP contribution in [-0.4, -0.2) is 22.9 Å². The summed E-state index contributed by atoms with van der Waals surface area (Å²) >= 11 is 1.33. The molecule has 0 aliphatic heterocycles. The summed E-state index contributed by atoms with van der Waals surface area (Å²) in [6, 6.07) is 14.3. The summed E-state index contributed by atoms with van der Waals surface area (Å²) in [4.78, 5) is 23.7. The van der Waals surface area contributed by atoms with Crippen molar-refractivity contribution in [3.8, 4) is 11.5 Å². The Balaban J connectivity index is 1.54. The lowest BCUT2D eigenvalue weighted by molar-refractivity contribution is 0.168. The molecular weight excluding hydrogens is 418 g/mol. The van der Waals surface area contributed by atoms with Gasteiger partial charge in [-0.2, -0.15) is 0 Å². The molecule has 31 heavy (non-hydrogen) atoms. The fourth-order valence-corrected chi connectivity index (χ4v) is 3.80. The zero-order chi connectivity index (χ0) is 21.8. The molecule has 158 valence electrons. The predicted octanol–water partition coefficient (Wildman–Crippen LogP) is 5.01. The molecular formula is C22H19N3O5S. The van der Waals surface area contributed by atoms with E-state index in [1.54, 1.807) is 25.1 Å². The minimum Gasteiger partial charge on any atom is -0.450 e. The SMILES string of the molecule is CCOC(=O)Nc1ccc2c(CSc3nnc(-c4ccccc4C)o3)cc(=O)oc2c1. The van der Waals surface area contributed by atoms with Crippen LogP contribution in [0.1, 0.15) is 18.1 Å². The van der Waals surface area contributed by atoms with Crippen LogP contribution in [0.3, 0.4) is 0 Å². The van der Waals surface area contributed by atoms with Gasteiger partial charge in [0.25, 0.3) is 5.22 Å². The van der Waals surface area contributed by atoms with E-state index in [0.29, 0.717) is 28.1 Å². The second kappa shape index (κ2) is 9.05. The molecule has 0 saturated heterocycles. The molecule has 9 heteroatoms. The van der Waals surface area contributed by atoms with Gasteiger partial charge in [-0.3, -0.25) is 5.32 Å². The number of thioether (sulfide) groups is 1. The summed E-state index contributed by atoms with van der Waals surface area (Å²) in [6.07, 6.45) is -0.572. The molecule has 1 N–H and O–H groups in total. The fraction of sp³-hybridized carbons (Fsp3) is 0.182. The van der Waals surface area contributed by atoms with Crippen LogP contribution in [0.15, 0.2) is 67.4 Å². The highest BCUT2D eigenvalue weighted by Crippen LogP contribution is 2.30. The number of carbonyl (C=O) groups excluding carboxylic acids is 1. The van der Waals surface area contributed by atoms with Gasteiger partial charge in [0.1, 0.15) is 5.58 Å². The number of nitrogens with one attached hydrogen (secondary N) is 1. The van der Waals surface area contributed by atoms with Crippen LogP contribution in [0.25, 0.3) is 22.4 Å². The molecule has 0 unspecified atom stereocenters. The van der Waals surface area contributed by atoms with Crippen molar-refractivity contribution in [3.63, 3.8) is 0 Å². The van der Waals surface area contributed by atoms with Gasteiger partial charge in [-0.15, -0.1) is 10.2 Å². The van der Waals surface area contributed by atoms with E-state index in [2.05, 4.69) is 15.5 Å². The van der Waals surface area contributed by atoms with E-state index in [9.17, 15) is 9.59 Å². The second-order valence-corrected chi connectivity index (χ2v) is 7.55. The van der Waals surface area contributed by atoms with Crippen molar-refractivity contribution in [2.24, 2.45) is 0 Å². The van der Waals surface area contributed by atoms with E-state index >= 15 is 0 Å². The highest BCUT2D eigenvalue weighted by Gasteiger charge is 2.13. The van der Waals surface area contributed by atoms with E-state index in [1.165, 1.54) is 17.8 Å². The van der Waals surface area contributed by atoms with E-state index in [-0.39, 0.29) is 6.61 Å². The number of aryl methyl sites for hydroxylation is 1. The molecule has 2 heterocycles. The van der Waals surface area contributed by atoms with Gasteiger partial charge in [0.2, 0.25) is 5.89 Å². The number of benzene rings is 2. The number of nitrogens with zero attached hydrogens (tertiary/aromatic N) is 2. The van der Waals surface area contributed by atoms with E-state index in [1.807, 2.05) is 31.2 Å². The van der Waals surface area contributed by atoms with Crippen molar-refractivity contribution < 1.29 is 18.4 Å². The number of amides is 1. The Bertz CT molecular complexity index is 1300. The molecule has 2 aromatic heterocycles. The van der Waals surface area contributed by atoms with Crippen LogP contribution >= 0.6 is 11.8 Å². The van der Waals surface area contributed by atoms with Crippen LogP contribution in [0.5, 0.6) is 0 Å². The van der Waals surface area contributed by atoms with Gasteiger partial charge < -0.3 is 13.6 Å². The van der Waals surface area contributed by atoms with Crippen molar-refractivity contribution in [2.45, 2.75) is 24.8 Å². The molecule has 1 amide bonds. The Morgan fingerprint density at radius 1 is 1.13 bits per heavy atom. The standard InChI is InChI=1S/C22H19N3O5S/c1-3-28-21(27)23-15-8-9-17-14(10-19(26)29-18(17)11-15)12-31-22-25-24-20(30-22)16-7-5-4-6-13(16)2/h4-11H,3,12H2,1-2H3,(H,23,27). The maximum absolute atomic E-state index is 12.0. The minimum absolute atomic E-state index is 0.261. The lowest BCUT2D eigenvalue weighted by Crippen LogP contribution is -2.13. The largest absolute Gasteiger partial charge is 0.450 e. The maximum Gasteiger partial charge on any atom is 0.411 e. The smallest absolute Gasteiger partial charge is 0.411 e. The Labute approximate surface area is 181 Å². The normalized spacial score (nSPS) is 10.9. The average molecular weight is 437 g/mol. The highest BCUT2D eigenvalue weighted by molar-refractivity contribution is 7.98. The lowest BCUT2D eigenvalue weighted by Gasteiger charge is -2.08. The second-order valence-electron chi connectivity index (χ2n) is 6.62. The Kier molecular flexibility index (Phi) is 6.03. The molecule has 0 saturated carbocycles. The molecule has 0 fully saturated rings. The molecule has 4 rings (SSSR count). The average Bonchev–Trinajstić information content (AvgIpc) is 3.21. The van der Waals surface area contributed by atoms with Crippen LogP contribution in [0.2, 0.25) is 0 Å². The Hall–Kier alpha value is -3.59. The number of ether oxygens (including phenoxy) is 1. The molecule has 4 aromatic rings. The zero-order valence-electron chi connectivity index (χ0n) is 16.9. The third kappa shape index (κ3) is 4.77. The summed E-state index contributed by atoms with van der Waals surface area (Å²) in [6.45, 7) is 3.96. The monoisotopic (exact) mass is 437 g/mol. The maximum atomic E-state index is 12.0. The van der Waals surface area contributed by atoms with E-state index < -0.39 is 11.7 Å². The Morgan fingerprint density at radius 3 is 2.77 bits per heavy atom. The molecule has 0 aliphatic carbocycles. The molecule has 2 aromatic carbocycles. The first-order valence-electron chi connectivity index (χ1n) is 9.56. The van der Waals surface area contributed by atoms with Gasteiger partial charge in [-0.05, 0) is 43.2 Å². The number of anilines is 1. The van der Waals surface area contributed by atoms with Gasteiger partial charge in [-0.1, -0.05) is 30.0 Å². The number of aromatic nitrogens is 2.